The number of rotatable bonds is 7. The Morgan fingerprint density at radius 3 is 2.90 bits per heavy atom. The van der Waals surface area contributed by atoms with Gasteiger partial charge in [0, 0.05) is 36.0 Å². The number of nitrogens with one attached hydrogen (secondary N) is 2. The van der Waals surface area contributed by atoms with E-state index in [9.17, 15) is 8.78 Å². The lowest BCUT2D eigenvalue weighted by Gasteiger charge is -2.25. The number of alkyl halides is 2. The van der Waals surface area contributed by atoms with Crippen molar-refractivity contribution >= 4 is 41.5 Å². The van der Waals surface area contributed by atoms with E-state index in [0.717, 1.165) is 30.9 Å². The van der Waals surface area contributed by atoms with Gasteiger partial charge >= 0.3 is 6.61 Å². The van der Waals surface area contributed by atoms with Gasteiger partial charge in [-0.05, 0) is 31.5 Å². The monoisotopic (exact) mass is 554 g/mol. The molecule has 3 rings (SSSR count). The summed E-state index contributed by atoms with van der Waals surface area (Å²) in [4.78, 5) is 9.06. The number of fused-ring (bicyclic) bond motifs is 1. The molecule has 1 aromatic heterocycles. The molecule has 1 aromatic carbocycles. The Labute approximate surface area is 196 Å². The standard InChI is InChI=1S/C19H25ClF2N6O.HI/c1-3-16-26-17-8-6-14(11-28(17)27-16)25-19(23-4-2)24-10-12-9-13(20)5-7-15(12)29-18(21)22;/h5,7,9,14,18H,3-4,6,8,10-11H2,1-2H3,(H2,23,24,25);1H. The number of halogens is 4. The highest BCUT2D eigenvalue weighted by Crippen LogP contribution is 2.25. The van der Waals surface area contributed by atoms with Crippen LogP contribution in [0.3, 0.4) is 0 Å². The molecular weight excluding hydrogens is 529 g/mol. The third-order valence-electron chi connectivity index (χ3n) is 4.55. The number of benzene rings is 1. The maximum absolute atomic E-state index is 12.6. The first-order valence-corrected chi connectivity index (χ1v) is 10.1. The van der Waals surface area contributed by atoms with Gasteiger partial charge in [-0.2, -0.15) is 13.9 Å². The molecule has 1 aliphatic heterocycles. The zero-order valence-electron chi connectivity index (χ0n) is 16.9. The second-order valence-electron chi connectivity index (χ2n) is 6.69. The van der Waals surface area contributed by atoms with E-state index in [2.05, 4.69) is 30.4 Å². The summed E-state index contributed by atoms with van der Waals surface area (Å²) in [5.74, 6) is 2.53. The number of nitrogens with zero attached hydrogens (tertiary/aromatic N) is 4. The zero-order chi connectivity index (χ0) is 20.8. The molecule has 7 nitrogen and oxygen atoms in total. The van der Waals surface area contributed by atoms with Gasteiger partial charge in [-0.1, -0.05) is 18.5 Å². The van der Waals surface area contributed by atoms with Gasteiger partial charge in [0.25, 0.3) is 0 Å². The first kappa shape index (κ1) is 24.6. The van der Waals surface area contributed by atoms with Crippen LogP contribution in [-0.4, -0.2) is 39.9 Å². The Hall–Kier alpha value is -1.69. The third-order valence-corrected chi connectivity index (χ3v) is 4.78. The topological polar surface area (TPSA) is 76.4 Å². The SMILES string of the molecule is CCNC(=NCc1cc(Cl)ccc1OC(F)F)NC1CCc2nc(CC)nn2C1.I. The molecule has 2 aromatic rings. The van der Waals surface area contributed by atoms with Gasteiger partial charge in [-0.3, -0.25) is 0 Å². The number of aliphatic imine (C=N–C) groups is 1. The Balaban J connectivity index is 0.00000320. The Kier molecular flexibility index (Phi) is 9.53. The summed E-state index contributed by atoms with van der Waals surface area (Å²) in [6, 6.07) is 4.67. The fourth-order valence-corrected chi connectivity index (χ4v) is 3.38. The summed E-state index contributed by atoms with van der Waals surface area (Å²) in [6.45, 7) is 2.62. The molecule has 0 saturated heterocycles. The molecule has 1 aliphatic rings. The van der Waals surface area contributed by atoms with Gasteiger partial charge < -0.3 is 15.4 Å². The average Bonchev–Trinajstić information content (AvgIpc) is 3.10. The second kappa shape index (κ2) is 11.6. The molecular formula is C19H26ClF2IN6O. The minimum atomic E-state index is -2.91. The van der Waals surface area contributed by atoms with Crippen molar-refractivity contribution in [1.82, 2.24) is 25.4 Å². The van der Waals surface area contributed by atoms with Crippen LogP contribution in [-0.2, 0) is 25.9 Å². The van der Waals surface area contributed by atoms with Crippen molar-refractivity contribution in [2.75, 3.05) is 6.54 Å². The molecule has 0 amide bonds. The Morgan fingerprint density at radius 1 is 1.40 bits per heavy atom. The summed E-state index contributed by atoms with van der Waals surface area (Å²) >= 11 is 6.01. The lowest BCUT2D eigenvalue weighted by Crippen LogP contribution is -2.47. The van der Waals surface area contributed by atoms with E-state index in [1.165, 1.54) is 12.1 Å². The average molecular weight is 555 g/mol. The van der Waals surface area contributed by atoms with E-state index in [-0.39, 0.29) is 42.3 Å². The van der Waals surface area contributed by atoms with Crippen LogP contribution in [0.2, 0.25) is 5.02 Å². The molecule has 1 unspecified atom stereocenters. The van der Waals surface area contributed by atoms with E-state index < -0.39 is 6.61 Å². The van der Waals surface area contributed by atoms with Crippen molar-refractivity contribution in [3.05, 3.63) is 40.4 Å². The summed E-state index contributed by atoms with van der Waals surface area (Å²) in [6.07, 6.45) is 2.55. The van der Waals surface area contributed by atoms with E-state index in [1.807, 2.05) is 18.5 Å². The van der Waals surface area contributed by atoms with Gasteiger partial charge in [0.05, 0.1) is 13.1 Å². The van der Waals surface area contributed by atoms with Gasteiger partial charge in [-0.15, -0.1) is 24.0 Å². The van der Waals surface area contributed by atoms with Gasteiger partial charge in [0.1, 0.15) is 11.6 Å². The quantitative estimate of drug-likeness (QED) is 0.310. The normalized spacial score (nSPS) is 16.1. The molecule has 0 aliphatic carbocycles. The first-order valence-electron chi connectivity index (χ1n) is 9.69. The van der Waals surface area contributed by atoms with Crippen molar-refractivity contribution in [3.63, 3.8) is 0 Å². The predicted molar refractivity (Wildman–Crippen MR) is 123 cm³/mol. The molecule has 1 atom stereocenters. The van der Waals surface area contributed by atoms with Crippen LogP contribution in [0.5, 0.6) is 5.75 Å². The van der Waals surface area contributed by atoms with Crippen molar-refractivity contribution in [2.45, 2.75) is 58.9 Å². The zero-order valence-corrected chi connectivity index (χ0v) is 20.0. The minimum Gasteiger partial charge on any atom is -0.434 e. The highest BCUT2D eigenvalue weighted by molar-refractivity contribution is 14.0. The maximum Gasteiger partial charge on any atom is 0.387 e. The lowest BCUT2D eigenvalue weighted by molar-refractivity contribution is -0.0504. The van der Waals surface area contributed by atoms with Crippen LogP contribution in [0.4, 0.5) is 8.78 Å². The van der Waals surface area contributed by atoms with E-state index >= 15 is 0 Å². The van der Waals surface area contributed by atoms with E-state index in [1.54, 1.807) is 6.07 Å². The van der Waals surface area contributed by atoms with E-state index in [0.29, 0.717) is 29.6 Å². The fraction of sp³-hybridized carbons (Fsp3) is 0.526. The Morgan fingerprint density at radius 2 is 2.20 bits per heavy atom. The summed E-state index contributed by atoms with van der Waals surface area (Å²) in [5.41, 5.74) is 0.491. The Bertz CT molecular complexity index is 864. The highest BCUT2D eigenvalue weighted by atomic mass is 127. The van der Waals surface area contributed by atoms with E-state index in [4.69, 9.17) is 11.6 Å². The molecule has 2 heterocycles. The lowest BCUT2D eigenvalue weighted by atomic mass is 10.1. The summed E-state index contributed by atoms with van der Waals surface area (Å²) < 4.78 is 31.8. The van der Waals surface area contributed by atoms with Crippen LogP contribution in [0.15, 0.2) is 23.2 Å². The number of aryl methyl sites for hydroxylation is 2. The number of aromatic nitrogens is 3. The molecule has 11 heteroatoms. The summed E-state index contributed by atoms with van der Waals surface area (Å²) in [5, 5.41) is 11.5. The summed E-state index contributed by atoms with van der Waals surface area (Å²) in [7, 11) is 0. The van der Waals surface area contributed by atoms with Crippen LogP contribution in [0.25, 0.3) is 0 Å². The van der Waals surface area contributed by atoms with Crippen LogP contribution >= 0.6 is 35.6 Å². The van der Waals surface area contributed by atoms with Gasteiger partial charge in [-0.25, -0.2) is 14.7 Å². The predicted octanol–water partition coefficient (Wildman–Crippen LogP) is 3.78. The largest absolute Gasteiger partial charge is 0.434 e. The van der Waals surface area contributed by atoms with Crippen LogP contribution in [0.1, 0.15) is 37.5 Å². The third kappa shape index (κ3) is 6.66. The fourth-order valence-electron chi connectivity index (χ4n) is 3.19. The molecule has 0 saturated carbocycles. The first-order chi connectivity index (χ1) is 14.0. The molecule has 2 N–H and O–H groups in total. The number of hydrogen-bond donors (Lipinski definition) is 2. The number of ether oxygens (including phenoxy) is 1. The molecule has 0 bridgehead atoms. The molecule has 0 radical (unpaired) electrons. The molecule has 166 valence electrons. The molecule has 0 spiro atoms. The van der Waals surface area contributed by atoms with Crippen molar-refractivity contribution in [3.8, 4) is 5.75 Å². The van der Waals surface area contributed by atoms with Crippen LogP contribution in [0, 0.1) is 0 Å². The highest BCUT2D eigenvalue weighted by Gasteiger charge is 2.22. The van der Waals surface area contributed by atoms with Crippen LogP contribution < -0.4 is 15.4 Å². The van der Waals surface area contributed by atoms with Crippen molar-refractivity contribution in [2.24, 2.45) is 4.99 Å². The molecule has 0 fully saturated rings. The van der Waals surface area contributed by atoms with Gasteiger partial charge in [0.2, 0.25) is 0 Å². The van der Waals surface area contributed by atoms with Crippen molar-refractivity contribution < 1.29 is 13.5 Å². The van der Waals surface area contributed by atoms with Gasteiger partial charge in [0.15, 0.2) is 11.8 Å². The minimum absolute atomic E-state index is 0. The second-order valence-corrected chi connectivity index (χ2v) is 7.12. The number of guanidine groups is 1. The van der Waals surface area contributed by atoms with Crippen molar-refractivity contribution in [1.29, 1.82) is 0 Å². The number of hydrogen-bond acceptors (Lipinski definition) is 4. The smallest absolute Gasteiger partial charge is 0.387 e. The maximum atomic E-state index is 12.6. The molecule has 30 heavy (non-hydrogen) atoms.